The van der Waals surface area contributed by atoms with Gasteiger partial charge < -0.3 is 14.8 Å². The molecule has 30 heavy (non-hydrogen) atoms. The first-order valence-corrected chi connectivity index (χ1v) is 11.0. The van der Waals surface area contributed by atoms with Gasteiger partial charge in [-0.05, 0) is 70.6 Å². The Hall–Kier alpha value is -2.51. The second-order valence-electron chi connectivity index (χ2n) is 8.77. The summed E-state index contributed by atoms with van der Waals surface area (Å²) in [6, 6.07) is 3.35. The maximum absolute atomic E-state index is 12.3. The van der Waals surface area contributed by atoms with Crippen molar-refractivity contribution >= 4 is 27.5 Å². The van der Waals surface area contributed by atoms with Gasteiger partial charge in [0.1, 0.15) is 4.83 Å². The van der Waals surface area contributed by atoms with E-state index in [4.69, 9.17) is 9.72 Å². The Kier molecular flexibility index (Phi) is 5.28. The molecular formula is C23H26N2O4S. The SMILES string of the molecule is Cc1nc2sc3c(c2c(-c2cc[nH]c(=O)c2)c1C(OC(C)(C)C)C(=O)O)CCCC3. The maximum Gasteiger partial charge on any atom is 0.337 e. The number of hydrogen-bond acceptors (Lipinski definition) is 5. The zero-order chi connectivity index (χ0) is 21.6. The van der Waals surface area contributed by atoms with Crippen LogP contribution in [0, 0.1) is 6.92 Å². The molecule has 1 aliphatic rings. The van der Waals surface area contributed by atoms with Crippen LogP contribution in [0.2, 0.25) is 0 Å². The number of pyridine rings is 2. The van der Waals surface area contributed by atoms with Gasteiger partial charge in [0.15, 0.2) is 6.10 Å². The predicted octanol–water partition coefficient (Wildman–Crippen LogP) is 4.78. The lowest BCUT2D eigenvalue weighted by molar-refractivity contribution is -0.160. The van der Waals surface area contributed by atoms with Crippen molar-refractivity contribution in [2.45, 2.75) is 65.1 Å². The second-order valence-corrected chi connectivity index (χ2v) is 9.85. The average Bonchev–Trinajstić information content (AvgIpc) is 3.02. The number of carboxylic acid groups (broad SMARTS) is 1. The Morgan fingerprint density at radius 3 is 2.70 bits per heavy atom. The molecule has 3 aromatic heterocycles. The zero-order valence-electron chi connectivity index (χ0n) is 17.7. The van der Waals surface area contributed by atoms with E-state index in [1.54, 1.807) is 17.5 Å². The number of aromatic amines is 1. The van der Waals surface area contributed by atoms with E-state index in [9.17, 15) is 14.7 Å². The minimum absolute atomic E-state index is 0.228. The van der Waals surface area contributed by atoms with Crippen molar-refractivity contribution in [1.29, 1.82) is 0 Å². The fourth-order valence-electron chi connectivity index (χ4n) is 4.22. The highest BCUT2D eigenvalue weighted by Gasteiger charge is 2.33. The van der Waals surface area contributed by atoms with E-state index >= 15 is 0 Å². The van der Waals surface area contributed by atoms with Crippen LogP contribution < -0.4 is 5.56 Å². The summed E-state index contributed by atoms with van der Waals surface area (Å²) in [5, 5.41) is 11.1. The van der Waals surface area contributed by atoms with Crippen LogP contribution in [0.3, 0.4) is 0 Å². The number of rotatable bonds is 4. The standard InChI is InChI=1S/C23H26N2O4S/c1-12-17(20(22(27)28)29-23(2,3)4)18(13-9-10-24-16(26)11-13)19-14-7-5-6-8-15(14)30-21(19)25-12/h9-11,20H,5-8H2,1-4H3,(H,24,26)(H,27,28). The van der Waals surface area contributed by atoms with Crippen molar-refractivity contribution in [3.63, 3.8) is 0 Å². The van der Waals surface area contributed by atoms with Gasteiger partial charge in [-0.15, -0.1) is 11.3 Å². The van der Waals surface area contributed by atoms with Crippen LogP contribution in [0.15, 0.2) is 23.1 Å². The molecule has 0 aromatic carbocycles. The summed E-state index contributed by atoms with van der Waals surface area (Å²) >= 11 is 1.68. The molecule has 158 valence electrons. The van der Waals surface area contributed by atoms with E-state index in [0.29, 0.717) is 16.8 Å². The van der Waals surface area contributed by atoms with Gasteiger partial charge in [0.2, 0.25) is 5.56 Å². The molecule has 1 unspecified atom stereocenters. The number of carboxylic acids is 1. The van der Waals surface area contributed by atoms with Gasteiger partial charge >= 0.3 is 5.97 Å². The topological polar surface area (TPSA) is 92.3 Å². The number of aryl methyl sites for hydroxylation is 3. The average molecular weight is 427 g/mol. The summed E-state index contributed by atoms with van der Waals surface area (Å²) in [4.78, 5) is 34.1. The van der Waals surface area contributed by atoms with Crippen LogP contribution in [-0.4, -0.2) is 26.6 Å². The second kappa shape index (κ2) is 7.63. The predicted molar refractivity (Wildman–Crippen MR) is 118 cm³/mol. The summed E-state index contributed by atoms with van der Waals surface area (Å²) in [5.41, 5.74) is 2.96. The van der Waals surface area contributed by atoms with Gasteiger partial charge in [-0.3, -0.25) is 4.79 Å². The van der Waals surface area contributed by atoms with Crippen molar-refractivity contribution in [2.24, 2.45) is 0 Å². The number of carbonyl (C=O) groups is 1. The highest BCUT2D eigenvalue weighted by molar-refractivity contribution is 7.19. The van der Waals surface area contributed by atoms with Gasteiger partial charge in [-0.25, -0.2) is 9.78 Å². The molecule has 2 N–H and O–H groups in total. The van der Waals surface area contributed by atoms with E-state index in [2.05, 4.69) is 4.98 Å². The Morgan fingerprint density at radius 1 is 1.30 bits per heavy atom. The van der Waals surface area contributed by atoms with E-state index in [0.717, 1.165) is 41.5 Å². The molecule has 0 spiro atoms. The first kappa shape index (κ1) is 20.8. The largest absolute Gasteiger partial charge is 0.479 e. The summed E-state index contributed by atoms with van der Waals surface area (Å²) in [7, 11) is 0. The molecular weight excluding hydrogens is 400 g/mol. The van der Waals surface area contributed by atoms with Crippen molar-refractivity contribution in [1.82, 2.24) is 9.97 Å². The molecule has 4 rings (SSSR count). The molecule has 6 nitrogen and oxygen atoms in total. The third-order valence-corrected chi connectivity index (χ3v) is 6.54. The van der Waals surface area contributed by atoms with E-state index in [1.807, 2.05) is 33.8 Å². The van der Waals surface area contributed by atoms with Crippen LogP contribution in [-0.2, 0) is 22.4 Å². The van der Waals surface area contributed by atoms with Gasteiger partial charge in [0, 0.05) is 39.3 Å². The molecule has 0 aliphatic heterocycles. The van der Waals surface area contributed by atoms with Crippen LogP contribution in [0.1, 0.15) is 61.4 Å². The van der Waals surface area contributed by atoms with Crippen LogP contribution in [0.5, 0.6) is 0 Å². The lowest BCUT2D eigenvalue weighted by Crippen LogP contribution is -2.28. The summed E-state index contributed by atoms with van der Waals surface area (Å²) in [6.45, 7) is 7.34. The molecule has 3 heterocycles. The molecule has 0 radical (unpaired) electrons. The number of fused-ring (bicyclic) bond motifs is 3. The maximum atomic E-state index is 12.3. The lowest BCUT2D eigenvalue weighted by Gasteiger charge is -2.28. The van der Waals surface area contributed by atoms with Gasteiger partial charge in [-0.2, -0.15) is 0 Å². The van der Waals surface area contributed by atoms with Gasteiger partial charge in [0.05, 0.1) is 5.60 Å². The fourth-order valence-corrected chi connectivity index (χ4v) is 5.54. The van der Waals surface area contributed by atoms with Gasteiger partial charge in [-0.1, -0.05) is 0 Å². The number of ether oxygens (including phenoxy) is 1. The zero-order valence-corrected chi connectivity index (χ0v) is 18.5. The third-order valence-electron chi connectivity index (χ3n) is 5.35. The van der Waals surface area contributed by atoms with Crippen LogP contribution in [0.4, 0.5) is 0 Å². The van der Waals surface area contributed by atoms with Crippen molar-refractivity contribution in [3.05, 3.63) is 50.4 Å². The molecule has 0 fully saturated rings. The highest BCUT2D eigenvalue weighted by Crippen LogP contribution is 2.45. The summed E-state index contributed by atoms with van der Waals surface area (Å²) in [5.74, 6) is -1.07. The minimum Gasteiger partial charge on any atom is -0.479 e. The Balaban J connectivity index is 2.11. The number of nitrogens with one attached hydrogen (secondary N) is 1. The van der Waals surface area contributed by atoms with E-state index < -0.39 is 17.7 Å². The number of nitrogens with zero attached hydrogens (tertiary/aromatic N) is 1. The Labute approximate surface area is 178 Å². The van der Waals surface area contributed by atoms with Crippen molar-refractivity contribution in [2.75, 3.05) is 0 Å². The Bertz CT molecular complexity index is 1190. The monoisotopic (exact) mass is 426 g/mol. The number of H-pyrrole nitrogens is 1. The van der Waals surface area contributed by atoms with Crippen LogP contribution in [0.25, 0.3) is 21.3 Å². The molecule has 3 aromatic rings. The number of aromatic nitrogens is 2. The minimum atomic E-state index is -1.18. The molecule has 0 bridgehead atoms. The normalized spacial score (nSPS) is 15.2. The molecule has 1 aliphatic carbocycles. The third kappa shape index (κ3) is 3.79. The number of hydrogen-bond donors (Lipinski definition) is 2. The lowest BCUT2D eigenvalue weighted by atomic mass is 9.88. The molecule has 0 saturated carbocycles. The van der Waals surface area contributed by atoms with Crippen LogP contribution >= 0.6 is 11.3 Å². The fraction of sp³-hybridized carbons (Fsp3) is 0.435. The molecule has 0 amide bonds. The summed E-state index contributed by atoms with van der Waals surface area (Å²) in [6.07, 6.45) is 4.61. The molecule has 7 heteroatoms. The van der Waals surface area contributed by atoms with Crippen molar-refractivity contribution in [3.8, 4) is 11.1 Å². The molecule has 1 atom stereocenters. The van der Waals surface area contributed by atoms with E-state index in [-0.39, 0.29) is 5.56 Å². The van der Waals surface area contributed by atoms with Gasteiger partial charge in [0.25, 0.3) is 0 Å². The smallest absolute Gasteiger partial charge is 0.337 e. The quantitative estimate of drug-likeness (QED) is 0.626. The Morgan fingerprint density at radius 2 is 2.03 bits per heavy atom. The van der Waals surface area contributed by atoms with E-state index in [1.165, 1.54) is 16.5 Å². The number of aliphatic carboxylic acids is 1. The first-order valence-electron chi connectivity index (χ1n) is 10.2. The van der Waals surface area contributed by atoms with Crippen molar-refractivity contribution < 1.29 is 14.6 Å². The highest BCUT2D eigenvalue weighted by atomic mass is 32.1. The number of thiophene rings is 1. The summed E-state index contributed by atoms with van der Waals surface area (Å²) < 4.78 is 6.01. The molecule has 0 saturated heterocycles. The first-order chi connectivity index (χ1) is 14.2.